The molecule has 0 bridgehead atoms. The molecular formula is C58H64FN11O17. The Bertz CT molecular complexity index is 3560. The summed E-state index contributed by atoms with van der Waals surface area (Å²) in [4.78, 5) is 171. The molecule has 4 aliphatic rings. The number of nitrogens with zero attached hydrogens (tertiary/aromatic N) is 3. The molecule has 10 N–H and O–H groups in total. The number of benzene rings is 2. The third-order valence-electron chi connectivity index (χ3n) is 15.1. The predicted octanol–water partition coefficient (Wildman–Crippen LogP) is -1.99. The van der Waals surface area contributed by atoms with Gasteiger partial charge in [-0.2, -0.15) is 0 Å². The van der Waals surface area contributed by atoms with Gasteiger partial charge in [0.2, 0.25) is 47.3 Å². The minimum absolute atomic E-state index is 0.0308. The zero-order valence-electron chi connectivity index (χ0n) is 47.4. The van der Waals surface area contributed by atoms with Crippen LogP contribution in [-0.4, -0.2) is 160 Å². The summed E-state index contributed by atoms with van der Waals surface area (Å²) in [6, 6.07) is 7.85. The Balaban J connectivity index is 0.780. The van der Waals surface area contributed by atoms with E-state index < -0.39 is 132 Å². The van der Waals surface area contributed by atoms with E-state index in [0.717, 1.165) is 17.1 Å². The molecule has 29 heteroatoms. The molecule has 0 saturated carbocycles. The Morgan fingerprint density at radius 3 is 2.14 bits per heavy atom. The van der Waals surface area contributed by atoms with Gasteiger partial charge in [-0.3, -0.25) is 62.4 Å². The summed E-state index contributed by atoms with van der Waals surface area (Å²) in [5.74, 6) is -9.79. The molecule has 2 aromatic carbocycles. The van der Waals surface area contributed by atoms with E-state index in [4.69, 9.17) is 14.5 Å². The number of cyclic esters (lactones) is 1. The number of imide groups is 1. The zero-order chi connectivity index (χ0) is 62.7. The first-order valence-electron chi connectivity index (χ1n) is 28.0. The lowest BCUT2D eigenvalue weighted by Gasteiger charge is -2.31. The highest BCUT2D eigenvalue weighted by Crippen LogP contribution is 2.46. The lowest BCUT2D eigenvalue weighted by molar-refractivity contribution is -0.172. The molecule has 0 saturated heterocycles. The van der Waals surface area contributed by atoms with Crippen molar-refractivity contribution in [3.05, 3.63) is 110 Å². The number of ether oxygens (including phenoxy) is 2. The van der Waals surface area contributed by atoms with Crippen molar-refractivity contribution in [2.75, 3.05) is 52.5 Å². The van der Waals surface area contributed by atoms with E-state index in [-0.39, 0.29) is 89.2 Å². The minimum Gasteiger partial charge on any atom is -0.481 e. The van der Waals surface area contributed by atoms with E-state index in [1.165, 1.54) is 10.6 Å². The minimum atomic E-state index is -2.07. The summed E-state index contributed by atoms with van der Waals surface area (Å²) in [5.41, 5.74) is 1.59. The number of carboxylic acid groups (broad SMARTS) is 1. The number of aryl methyl sites for hydroxylation is 1. The molecule has 2 aromatic heterocycles. The molecule has 5 heterocycles. The van der Waals surface area contributed by atoms with Crippen LogP contribution in [0.3, 0.4) is 0 Å². The van der Waals surface area contributed by atoms with Crippen molar-refractivity contribution in [3.8, 4) is 11.4 Å². The Labute approximate surface area is 494 Å². The number of fused-ring (bicyclic) bond motifs is 5. The molecule has 0 fully saturated rings. The van der Waals surface area contributed by atoms with Crippen molar-refractivity contribution in [2.24, 2.45) is 0 Å². The maximum Gasteiger partial charge on any atom is 0.343 e. The average Bonchev–Trinajstić information content (AvgIpc) is 1.64. The first-order chi connectivity index (χ1) is 41.6. The third kappa shape index (κ3) is 15.0. The van der Waals surface area contributed by atoms with Crippen molar-refractivity contribution >= 4 is 81.9 Å². The van der Waals surface area contributed by atoms with Crippen LogP contribution in [0.15, 0.2) is 59.4 Å². The number of nitrogens with one attached hydrogen (secondary N) is 8. The van der Waals surface area contributed by atoms with Gasteiger partial charge in [0.05, 0.1) is 74.3 Å². The molecule has 10 amide bonds. The number of carbonyl (C=O) groups is 12. The van der Waals surface area contributed by atoms with Crippen LogP contribution in [0.25, 0.3) is 22.3 Å². The van der Waals surface area contributed by atoms with Gasteiger partial charge in [0.15, 0.2) is 5.60 Å². The number of amides is 10. The number of aliphatic hydroxyl groups is 1. The van der Waals surface area contributed by atoms with Gasteiger partial charge >= 0.3 is 11.9 Å². The normalized spacial score (nSPS) is 16.8. The number of hydrogen-bond donors (Lipinski definition) is 10. The number of hydrogen-bond acceptors (Lipinski definition) is 17. The maximum atomic E-state index is 15.4. The van der Waals surface area contributed by atoms with Gasteiger partial charge in [-0.05, 0) is 54.5 Å². The van der Waals surface area contributed by atoms with Crippen LogP contribution < -0.4 is 48.1 Å². The van der Waals surface area contributed by atoms with Gasteiger partial charge in [0.1, 0.15) is 24.5 Å². The molecule has 4 aromatic rings. The van der Waals surface area contributed by atoms with E-state index in [0.29, 0.717) is 62.9 Å². The van der Waals surface area contributed by atoms with Crippen molar-refractivity contribution in [1.82, 2.24) is 57.0 Å². The highest BCUT2D eigenvalue weighted by Gasteiger charge is 2.46. The first kappa shape index (κ1) is 63.3. The molecule has 1 aliphatic carbocycles. The van der Waals surface area contributed by atoms with E-state index in [1.807, 2.05) is 0 Å². The maximum absolute atomic E-state index is 15.4. The smallest absolute Gasteiger partial charge is 0.343 e. The van der Waals surface area contributed by atoms with Crippen molar-refractivity contribution < 1.29 is 81.6 Å². The van der Waals surface area contributed by atoms with Crippen LogP contribution in [0, 0.1) is 12.7 Å². The van der Waals surface area contributed by atoms with Crippen LogP contribution in [-0.2, 0) is 98.6 Å². The van der Waals surface area contributed by atoms with Crippen LogP contribution in [0.5, 0.6) is 0 Å². The quantitative estimate of drug-likeness (QED) is 0.0147. The van der Waals surface area contributed by atoms with E-state index in [2.05, 4.69) is 42.5 Å². The number of rotatable bonds is 28. The second-order valence-electron chi connectivity index (χ2n) is 20.9. The largest absolute Gasteiger partial charge is 0.481 e. The van der Waals surface area contributed by atoms with Crippen LogP contribution >= 0.6 is 0 Å². The summed E-state index contributed by atoms with van der Waals surface area (Å²) in [5, 5.41) is 41.2. The van der Waals surface area contributed by atoms with Gasteiger partial charge in [-0.25, -0.2) is 14.2 Å². The second kappa shape index (κ2) is 28.0. The Morgan fingerprint density at radius 2 is 1.44 bits per heavy atom. The molecule has 8 rings (SSSR count). The van der Waals surface area contributed by atoms with Crippen LogP contribution in [0.2, 0.25) is 0 Å². The Kier molecular flexibility index (Phi) is 20.3. The van der Waals surface area contributed by atoms with Gasteiger partial charge < -0.3 is 66.8 Å². The summed E-state index contributed by atoms with van der Waals surface area (Å²) in [6.45, 7) is 0.481. The second-order valence-corrected chi connectivity index (χ2v) is 20.9. The van der Waals surface area contributed by atoms with Crippen molar-refractivity contribution in [1.29, 1.82) is 0 Å². The summed E-state index contributed by atoms with van der Waals surface area (Å²) in [7, 11) is 0. The molecular weight excluding hydrogens is 1140 g/mol. The number of carboxylic acids is 1. The Hall–Kier alpha value is -9.77. The summed E-state index contributed by atoms with van der Waals surface area (Å²) < 4.78 is 27.4. The molecule has 460 valence electrons. The number of pyridine rings is 2. The number of aromatic nitrogens is 2. The van der Waals surface area contributed by atoms with E-state index in [9.17, 15) is 72.5 Å². The lowest BCUT2D eigenvalue weighted by Crippen LogP contribution is -2.53. The summed E-state index contributed by atoms with van der Waals surface area (Å²) >= 11 is 0. The standard InChI is InChI=1S/C58H64FN11O17/c1-3-58(85)35-22-41-53-33(28-70(41)56(83)34(35)29-87-57(58)84)52-37(10-9-32-30(2)36(59)23-38(68-53)51(32)52)65-43(72)13-16-60-45(74)25-63-54(81)39(21-31-7-5-4-6-8-31)67-47(76)27-62-46(75)26-64-55(82)40(24-50(79)80)66-44(73)15-19-86-20-17-61-42(71)14-18-69-48(77)11-12-49(69)78/h4-8,11-12,22-23,37,39-40,85H,3,9-10,13-21,24-29H2,1-2H3,(H,60,74)(H,61,71)(H,62,75)(H,63,81)(H,64,82)(H,65,72)(H,66,73)(H,67,76)(H,79,80)/t37-,39-,40-,58-/m0/s1. The van der Waals surface area contributed by atoms with Crippen molar-refractivity contribution in [3.63, 3.8) is 0 Å². The highest BCUT2D eigenvalue weighted by molar-refractivity contribution is 6.13. The molecule has 0 unspecified atom stereocenters. The fourth-order valence-corrected chi connectivity index (χ4v) is 10.6. The third-order valence-corrected chi connectivity index (χ3v) is 15.1. The number of esters is 1. The fourth-order valence-electron chi connectivity index (χ4n) is 10.6. The first-order valence-corrected chi connectivity index (χ1v) is 28.0. The number of aliphatic carboxylic acids is 1. The molecule has 0 spiro atoms. The SMILES string of the molecule is CC[C@@]1(O)C(=O)OCc2c1cc1n(c2=O)Cc2c-1nc1cc(F)c(C)c3c1c2[C@@H](NC(=O)CCNC(=O)CNC(=O)[C@H](Cc1ccccc1)NC(=O)CNC(=O)CNC(=O)[C@H](CC(=O)O)NC(=O)CCOCCNC(=O)CCN1C(=O)C=CC1=O)CC3. The number of halogens is 1. The van der Waals surface area contributed by atoms with Crippen LogP contribution in [0.4, 0.5) is 4.39 Å². The predicted molar refractivity (Wildman–Crippen MR) is 300 cm³/mol. The zero-order valence-corrected chi connectivity index (χ0v) is 47.4. The van der Waals surface area contributed by atoms with Gasteiger partial charge in [-0.15, -0.1) is 0 Å². The fraction of sp³-hybridized carbons (Fsp3) is 0.414. The lowest BCUT2D eigenvalue weighted by atomic mass is 9.81. The van der Waals surface area contributed by atoms with Crippen molar-refractivity contribution in [2.45, 2.75) is 102 Å². The van der Waals surface area contributed by atoms with E-state index >= 15 is 4.39 Å². The average molecular weight is 1210 g/mol. The topological polar surface area (TPSA) is 398 Å². The van der Waals surface area contributed by atoms with E-state index in [1.54, 1.807) is 50.2 Å². The number of carbonyl (C=O) groups excluding carboxylic acids is 11. The van der Waals surface area contributed by atoms with Crippen LogP contribution in [0.1, 0.15) is 90.4 Å². The molecule has 0 radical (unpaired) electrons. The van der Waals surface area contributed by atoms with Gasteiger partial charge in [0.25, 0.3) is 17.4 Å². The molecule has 28 nitrogen and oxygen atoms in total. The Morgan fingerprint density at radius 1 is 0.770 bits per heavy atom. The molecule has 87 heavy (non-hydrogen) atoms. The van der Waals surface area contributed by atoms with Gasteiger partial charge in [0, 0.05) is 80.0 Å². The molecule has 3 aliphatic heterocycles. The van der Waals surface area contributed by atoms with Gasteiger partial charge in [-0.1, -0.05) is 37.3 Å². The monoisotopic (exact) mass is 1210 g/mol. The summed E-state index contributed by atoms with van der Waals surface area (Å²) in [6.07, 6.45) is 1.30. The highest BCUT2D eigenvalue weighted by atomic mass is 19.1. The molecule has 4 atom stereocenters.